The zero-order valence-electron chi connectivity index (χ0n) is 16.6. The lowest BCUT2D eigenvalue weighted by Crippen LogP contribution is -2.34. The Morgan fingerprint density at radius 1 is 1.10 bits per heavy atom. The quantitative estimate of drug-likeness (QED) is 0.515. The third-order valence-electron chi connectivity index (χ3n) is 4.41. The Morgan fingerprint density at radius 2 is 1.86 bits per heavy atom. The van der Waals surface area contributed by atoms with E-state index in [0.717, 1.165) is 27.8 Å². The van der Waals surface area contributed by atoms with E-state index in [9.17, 15) is 9.59 Å². The smallest absolute Gasteiger partial charge is 0.267 e. The number of H-pyrrole nitrogens is 1. The average molecular weight is 391 g/mol. The molecule has 1 heterocycles. The number of rotatable bonds is 8. The topological polar surface area (TPSA) is 83.2 Å². The molecule has 2 amide bonds. The number of aromatic amines is 1. The van der Waals surface area contributed by atoms with E-state index in [1.165, 1.54) is 6.92 Å². The summed E-state index contributed by atoms with van der Waals surface area (Å²) < 4.78 is 5.42. The fourth-order valence-corrected chi connectivity index (χ4v) is 3.09. The van der Waals surface area contributed by atoms with E-state index in [1.807, 2.05) is 55.6 Å². The molecule has 0 atom stereocenters. The number of amides is 2. The van der Waals surface area contributed by atoms with Crippen LogP contribution in [0.1, 0.15) is 25.0 Å². The van der Waals surface area contributed by atoms with Crippen molar-refractivity contribution < 1.29 is 14.3 Å². The summed E-state index contributed by atoms with van der Waals surface area (Å²) in [6, 6.07) is 15.4. The monoisotopic (exact) mass is 391 g/mol. The third-order valence-corrected chi connectivity index (χ3v) is 4.41. The van der Waals surface area contributed by atoms with Gasteiger partial charge in [-0.25, -0.2) is 0 Å². The van der Waals surface area contributed by atoms with Gasteiger partial charge in [0.25, 0.3) is 5.91 Å². The summed E-state index contributed by atoms with van der Waals surface area (Å²) in [5.74, 6) is 0.136. The highest BCUT2D eigenvalue weighted by molar-refractivity contribution is 6.00. The maximum Gasteiger partial charge on any atom is 0.267 e. The summed E-state index contributed by atoms with van der Waals surface area (Å²) in [6.07, 6.45) is 4.30. The number of para-hydroxylation sites is 1. The van der Waals surface area contributed by atoms with E-state index in [0.29, 0.717) is 19.6 Å². The van der Waals surface area contributed by atoms with Gasteiger partial charge in [-0.3, -0.25) is 9.59 Å². The second kappa shape index (κ2) is 9.59. The highest BCUT2D eigenvalue weighted by Crippen LogP contribution is 2.18. The Kier molecular flexibility index (Phi) is 6.68. The minimum atomic E-state index is -0.325. The van der Waals surface area contributed by atoms with Crippen LogP contribution >= 0.6 is 0 Å². The van der Waals surface area contributed by atoms with Crippen molar-refractivity contribution in [1.82, 2.24) is 15.6 Å². The number of hydrogen-bond acceptors (Lipinski definition) is 3. The van der Waals surface area contributed by atoms with E-state index in [2.05, 4.69) is 21.7 Å². The first kappa shape index (κ1) is 20.2. The fraction of sp³-hybridized carbons (Fsp3) is 0.217. The van der Waals surface area contributed by atoms with Crippen molar-refractivity contribution >= 4 is 28.8 Å². The second-order valence-corrected chi connectivity index (χ2v) is 6.61. The number of aromatic nitrogens is 1. The number of hydrogen-bond donors (Lipinski definition) is 3. The zero-order valence-corrected chi connectivity index (χ0v) is 16.6. The van der Waals surface area contributed by atoms with Crippen LogP contribution in [-0.2, 0) is 16.0 Å². The fourth-order valence-electron chi connectivity index (χ4n) is 3.09. The molecule has 0 fully saturated rings. The van der Waals surface area contributed by atoms with Gasteiger partial charge in [-0.2, -0.15) is 0 Å². The summed E-state index contributed by atoms with van der Waals surface area (Å²) in [6.45, 7) is 4.35. The van der Waals surface area contributed by atoms with Gasteiger partial charge in [-0.15, -0.1) is 0 Å². The van der Waals surface area contributed by atoms with Gasteiger partial charge >= 0.3 is 0 Å². The molecule has 1 aromatic heterocycles. The van der Waals surface area contributed by atoms with Crippen molar-refractivity contribution in [2.45, 2.75) is 20.3 Å². The molecule has 3 N–H and O–H groups in total. The molecule has 150 valence electrons. The standard InChI is InChI=1S/C23H25N3O3/c1-3-29-19-10-8-17(9-11-19)14-22(26-16(2)27)23(28)24-13-12-18-15-25-21-7-5-4-6-20(18)21/h4-11,14-15,25H,3,12-13H2,1-2H3,(H,24,28)(H,26,27)/b22-14-. The van der Waals surface area contributed by atoms with Crippen LogP contribution in [0.15, 0.2) is 60.4 Å². The lowest BCUT2D eigenvalue weighted by Gasteiger charge is -2.10. The molecule has 3 rings (SSSR count). The first-order valence-corrected chi connectivity index (χ1v) is 9.62. The Labute approximate surface area is 170 Å². The first-order valence-electron chi connectivity index (χ1n) is 9.62. The highest BCUT2D eigenvalue weighted by Gasteiger charge is 2.11. The minimum absolute atomic E-state index is 0.209. The van der Waals surface area contributed by atoms with Crippen LogP contribution in [0, 0.1) is 0 Å². The van der Waals surface area contributed by atoms with Crippen molar-refractivity contribution in [3.8, 4) is 5.75 Å². The molecular weight excluding hydrogens is 366 g/mol. The normalized spacial score (nSPS) is 11.3. The number of nitrogens with one attached hydrogen (secondary N) is 3. The summed E-state index contributed by atoms with van der Waals surface area (Å²) in [7, 11) is 0. The molecule has 0 unspecified atom stereocenters. The van der Waals surface area contributed by atoms with Crippen molar-refractivity contribution in [2.75, 3.05) is 13.2 Å². The van der Waals surface area contributed by atoms with Gasteiger partial charge in [-0.05, 0) is 48.7 Å². The highest BCUT2D eigenvalue weighted by atomic mass is 16.5. The van der Waals surface area contributed by atoms with Crippen molar-refractivity contribution in [2.24, 2.45) is 0 Å². The summed E-state index contributed by atoms with van der Waals surface area (Å²) in [5.41, 5.74) is 3.21. The second-order valence-electron chi connectivity index (χ2n) is 6.61. The molecule has 0 radical (unpaired) electrons. The molecule has 0 saturated carbocycles. The lowest BCUT2D eigenvalue weighted by atomic mass is 10.1. The lowest BCUT2D eigenvalue weighted by molar-refractivity contribution is -0.122. The number of carbonyl (C=O) groups excluding carboxylic acids is 2. The van der Waals surface area contributed by atoms with Gasteiger partial charge in [0.2, 0.25) is 5.91 Å². The molecule has 0 aliphatic carbocycles. The maximum atomic E-state index is 12.6. The van der Waals surface area contributed by atoms with Crippen molar-refractivity contribution in [3.05, 3.63) is 71.6 Å². The Bertz CT molecular complexity index is 1020. The molecule has 0 aliphatic rings. The van der Waals surface area contributed by atoms with Crippen LogP contribution in [0.25, 0.3) is 17.0 Å². The molecule has 29 heavy (non-hydrogen) atoms. The predicted octanol–water partition coefficient (Wildman–Crippen LogP) is 3.40. The number of ether oxygens (including phenoxy) is 1. The number of fused-ring (bicyclic) bond motifs is 1. The predicted molar refractivity (Wildman–Crippen MR) is 114 cm³/mol. The van der Waals surface area contributed by atoms with Gasteiger partial charge in [0.05, 0.1) is 6.61 Å². The van der Waals surface area contributed by atoms with E-state index in [-0.39, 0.29) is 17.5 Å². The third kappa shape index (κ3) is 5.48. The van der Waals surface area contributed by atoms with Crippen LogP contribution in [0.2, 0.25) is 0 Å². The van der Waals surface area contributed by atoms with Crippen LogP contribution in [-0.4, -0.2) is 29.9 Å². The van der Waals surface area contributed by atoms with Crippen molar-refractivity contribution in [3.63, 3.8) is 0 Å². The largest absolute Gasteiger partial charge is 0.494 e. The molecule has 0 saturated heterocycles. The first-order chi connectivity index (χ1) is 14.1. The summed E-state index contributed by atoms with van der Waals surface area (Å²) >= 11 is 0. The van der Waals surface area contributed by atoms with Crippen LogP contribution < -0.4 is 15.4 Å². The van der Waals surface area contributed by atoms with E-state index < -0.39 is 0 Å². The van der Waals surface area contributed by atoms with Crippen molar-refractivity contribution in [1.29, 1.82) is 0 Å². The Morgan fingerprint density at radius 3 is 2.59 bits per heavy atom. The molecule has 0 aliphatic heterocycles. The van der Waals surface area contributed by atoms with E-state index in [1.54, 1.807) is 6.08 Å². The number of benzene rings is 2. The Hall–Kier alpha value is -3.54. The molecule has 2 aromatic carbocycles. The molecule has 6 heteroatoms. The van der Waals surface area contributed by atoms with Gasteiger partial charge < -0.3 is 20.4 Å². The van der Waals surface area contributed by atoms with Gasteiger partial charge in [0, 0.05) is 30.6 Å². The van der Waals surface area contributed by atoms with Gasteiger partial charge in [0.15, 0.2) is 0 Å². The molecule has 0 spiro atoms. The minimum Gasteiger partial charge on any atom is -0.494 e. The van der Waals surface area contributed by atoms with Gasteiger partial charge in [0.1, 0.15) is 11.4 Å². The van der Waals surface area contributed by atoms with E-state index >= 15 is 0 Å². The maximum absolute atomic E-state index is 12.6. The SMILES string of the molecule is CCOc1ccc(/C=C(\NC(C)=O)C(=O)NCCc2c[nH]c3ccccc23)cc1. The van der Waals surface area contributed by atoms with Crippen LogP contribution in [0.4, 0.5) is 0 Å². The summed E-state index contributed by atoms with van der Waals surface area (Å²) in [4.78, 5) is 27.4. The molecular formula is C23H25N3O3. The van der Waals surface area contributed by atoms with E-state index in [4.69, 9.17) is 4.74 Å². The molecule has 3 aromatic rings. The average Bonchev–Trinajstić information content (AvgIpc) is 3.12. The number of carbonyl (C=O) groups is 2. The molecule has 0 bridgehead atoms. The van der Waals surface area contributed by atoms with Crippen LogP contribution in [0.5, 0.6) is 5.75 Å². The van der Waals surface area contributed by atoms with Gasteiger partial charge in [-0.1, -0.05) is 30.3 Å². The Balaban J connectivity index is 1.66. The zero-order chi connectivity index (χ0) is 20.6. The summed E-state index contributed by atoms with van der Waals surface area (Å²) in [5, 5.41) is 6.64. The molecule has 6 nitrogen and oxygen atoms in total. The van der Waals surface area contributed by atoms with Crippen LogP contribution in [0.3, 0.4) is 0 Å².